The van der Waals surface area contributed by atoms with Gasteiger partial charge in [-0.3, -0.25) is 4.79 Å². The van der Waals surface area contributed by atoms with E-state index in [0.29, 0.717) is 24.9 Å². The third kappa shape index (κ3) is 5.25. The van der Waals surface area contributed by atoms with E-state index in [2.05, 4.69) is 15.5 Å². The first-order valence-electron chi connectivity index (χ1n) is 10.7. The molecule has 164 valence electrons. The van der Waals surface area contributed by atoms with Gasteiger partial charge in [0.15, 0.2) is 0 Å². The molecule has 0 radical (unpaired) electrons. The third-order valence-corrected chi connectivity index (χ3v) is 5.69. The SMILES string of the molecule is COc1ccc(-c2noc(N3CCC(C(=O)NC(C)CCc4ccco4)CC3)n2)cc1. The second-order valence-electron chi connectivity index (χ2n) is 7.92. The fourth-order valence-corrected chi connectivity index (χ4v) is 3.78. The smallest absolute Gasteiger partial charge is 0.324 e. The lowest BCUT2D eigenvalue weighted by molar-refractivity contribution is -0.126. The van der Waals surface area contributed by atoms with Crippen LogP contribution < -0.4 is 15.0 Å². The van der Waals surface area contributed by atoms with E-state index in [0.717, 1.165) is 42.8 Å². The monoisotopic (exact) mass is 424 g/mol. The number of carbonyl (C=O) groups is 1. The lowest BCUT2D eigenvalue weighted by Crippen LogP contribution is -2.43. The van der Waals surface area contributed by atoms with Crippen LogP contribution in [0.15, 0.2) is 51.6 Å². The number of furan rings is 1. The van der Waals surface area contributed by atoms with E-state index < -0.39 is 0 Å². The average molecular weight is 425 g/mol. The molecule has 1 amide bonds. The van der Waals surface area contributed by atoms with Gasteiger partial charge in [-0.05, 0) is 62.6 Å². The van der Waals surface area contributed by atoms with Crippen molar-refractivity contribution in [2.24, 2.45) is 5.92 Å². The number of rotatable bonds is 8. The Morgan fingerprint density at radius 1 is 1.26 bits per heavy atom. The van der Waals surface area contributed by atoms with E-state index in [1.54, 1.807) is 13.4 Å². The molecule has 4 rings (SSSR count). The molecule has 3 aromatic rings. The molecule has 1 saturated heterocycles. The van der Waals surface area contributed by atoms with Crippen LogP contribution in [0.4, 0.5) is 6.01 Å². The Bertz CT molecular complexity index is 960. The number of aryl methyl sites for hydroxylation is 1. The highest BCUT2D eigenvalue weighted by atomic mass is 16.5. The number of nitrogens with zero attached hydrogens (tertiary/aromatic N) is 3. The second-order valence-corrected chi connectivity index (χ2v) is 7.92. The van der Waals surface area contributed by atoms with E-state index in [4.69, 9.17) is 13.7 Å². The van der Waals surface area contributed by atoms with E-state index in [1.165, 1.54) is 0 Å². The van der Waals surface area contributed by atoms with Gasteiger partial charge in [0.25, 0.3) is 0 Å². The highest BCUT2D eigenvalue weighted by molar-refractivity contribution is 5.79. The number of anilines is 1. The number of aromatic nitrogens is 2. The number of nitrogens with one attached hydrogen (secondary N) is 1. The number of carbonyl (C=O) groups excluding carboxylic acids is 1. The van der Waals surface area contributed by atoms with Gasteiger partial charge in [0, 0.05) is 37.0 Å². The Hall–Kier alpha value is -3.29. The Balaban J connectivity index is 1.25. The maximum atomic E-state index is 12.6. The van der Waals surface area contributed by atoms with Crippen molar-refractivity contribution in [3.05, 3.63) is 48.4 Å². The molecule has 1 fully saturated rings. The van der Waals surface area contributed by atoms with Crippen molar-refractivity contribution in [3.63, 3.8) is 0 Å². The first-order chi connectivity index (χ1) is 15.1. The summed E-state index contributed by atoms with van der Waals surface area (Å²) in [6.07, 6.45) is 4.87. The van der Waals surface area contributed by atoms with Gasteiger partial charge >= 0.3 is 6.01 Å². The van der Waals surface area contributed by atoms with E-state index in [1.807, 2.05) is 48.2 Å². The quantitative estimate of drug-likeness (QED) is 0.589. The molecule has 2 aromatic heterocycles. The van der Waals surface area contributed by atoms with Crippen LogP contribution in [-0.2, 0) is 11.2 Å². The van der Waals surface area contributed by atoms with Crippen molar-refractivity contribution < 1.29 is 18.5 Å². The first-order valence-corrected chi connectivity index (χ1v) is 10.7. The van der Waals surface area contributed by atoms with Crippen LogP contribution in [0.1, 0.15) is 31.9 Å². The zero-order chi connectivity index (χ0) is 21.6. The van der Waals surface area contributed by atoms with E-state index in [-0.39, 0.29) is 17.9 Å². The average Bonchev–Trinajstić information content (AvgIpc) is 3.50. The van der Waals surface area contributed by atoms with Gasteiger partial charge < -0.3 is 23.9 Å². The number of amides is 1. The Morgan fingerprint density at radius 3 is 2.71 bits per heavy atom. The fraction of sp³-hybridized carbons (Fsp3) is 0.435. The van der Waals surface area contributed by atoms with Crippen LogP contribution in [-0.4, -0.2) is 42.3 Å². The van der Waals surface area contributed by atoms with Crippen molar-refractivity contribution >= 4 is 11.9 Å². The van der Waals surface area contributed by atoms with E-state index >= 15 is 0 Å². The zero-order valence-corrected chi connectivity index (χ0v) is 17.9. The summed E-state index contributed by atoms with van der Waals surface area (Å²) in [5.41, 5.74) is 0.869. The van der Waals surface area contributed by atoms with Crippen molar-refractivity contribution in [1.29, 1.82) is 0 Å². The molecule has 31 heavy (non-hydrogen) atoms. The molecule has 0 aliphatic carbocycles. The molecule has 1 aliphatic rings. The van der Waals surface area contributed by atoms with Crippen molar-refractivity contribution in [3.8, 4) is 17.1 Å². The molecule has 1 N–H and O–H groups in total. The van der Waals surface area contributed by atoms with Crippen LogP contribution in [0.5, 0.6) is 5.75 Å². The van der Waals surface area contributed by atoms with Gasteiger partial charge in [0.2, 0.25) is 11.7 Å². The summed E-state index contributed by atoms with van der Waals surface area (Å²) < 4.78 is 16.0. The Morgan fingerprint density at radius 2 is 2.03 bits per heavy atom. The third-order valence-electron chi connectivity index (χ3n) is 5.69. The summed E-state index contributed by atoms with van der Waals surface area (Å²) in [7, 11) is 1.63. The standard InChI is InChI=1S/C23H28N4O4/c1-16(5-8-20-4-3-15-30-20)24-22(28)18-11-13-27(14-12-18)23-25-21(26-31-23)17-6-9-19(29-2)10-7-17/h3-4,6-7,9-10,15-16,18H,5,8,11-14H2,1-2H3,(H,24,28). The lowest BCUT2D eigenvalue weighted by Gasteiger charge is -2.30. The predicted octanol–water partition coefficient (Wildman–Crippen LogP) is 3.69. The minimum Gasteiger partial charge on any atom is -0.497 e. The van der Waals surface area contributed by atoms with Gasteiger partial charge in [-0.1, -0.05) is 5.16 Å². The molecular formula is C23H28N4O4. The summed E-state index contributed by atoms with van der Waals surface area (Å²) >= 11 is 0. The number of ether oxygens (including phenoxy) is 1. The van der Waals surface area contributed by atoms with Crippen LogP contribution in [0.2, 0.25) is 0 Å². The molecule has 0 spiro atoms. The summed E-state index contributed by atoms with van der Waals surface area (Å²) in [5, 5.41) is 7.24. The van der Waals surface area contributed by atoms with Crippen LogP contribution in [0.25, 0.3) is 11.4 Å². The minimum atomic E-state index is 0.00583. The van der Waals surface area contributed by atoms with Gasteiger partial charge in [-0.2, -0.15) is 4.98 Å². The van der Waals surface area contributed by atoms with Gasteiger partial charge in [0.05, 0.1) is 13.4 Å². The maximum Gasteiger partial charge on any atom is 0.324 e. The summed E-state index contributed by atoms with van der Waals surface area (Å²) in [4.78, 5) is 19.2. The zero-order valence-electron chi connectivity index (χ0n) is 17.9. The molecule has 1 aliphatic heterocycles. The predicted molar refractivity (Wildman–Crippen MR) is 116 cm³/mol. The second kappa shape index (κ2) is 9.68. The maximum absolute atomic E-state index is 12.6. The van der Waals surface area contributed by atoms with Gasteiger partial charge in [-0.15, -0.1) is 0 Å². The molecule has 0 bridgehead atoms. The molecule has 8 nitrogen and oxygen atoms in total. The van der Waals surface area contributed by atoms with E-state index in [9.17, 15) is 4.79 Å². The highest BCUT2D eigenvalue weighted by Crippen LogP contribution is 2.26. The molecule has 8 heteroatoms. The molecule has 3 heterocycles. The lowest BCUT2D eigenvalue weighted by atomic mass is 9.95. The van der Waals surface area contributed by atoms with Crippen molar-refractivity contribution in [2.45, 2.75) is 38.6 Å². The van der Waals surface area contributed by atoms with Gasteiger partial charge in [-0.25, -0.2) is 0 Å². The number of methoxy groups -OCH3 is 1. The highest BCUT2D eigenvalue weighted by Gasteiger charge is 2.28. The Labute approximate surface area is 181 Å². The van der Waals surface area contributed by atoms with Crippen molar-refractivity contribution in [2.75, 3.05) is 25.1 Å². The number of benzene rings is 1. The van der Waals surface area contributed by atoms with Crippen LogP contribution in [0, 0.1) is 5.92 Å². The van der Waals surface area contributed by atoms with Crippen LogP contribution >= 0.6 is 0 Å². The Kier molecular flexibility index (Phi) is 6.54. The van der Waals surface area contributed by atoms with Crippen molar-refractivity contribution in [1.82, 2.24) is 15.5 Å². The molecule has 1 atom stereocenters. The topological polar surface area (TPSA) is 93.6 Å². The summed E-state index contributed by atoms with van der Waals surface area (Å²) in [6.45, 7) is 3.46. The molecule has 1 unspecified atom stereocenters. The number of hydrogen-bond acceptors (Lipinski definition) is 7. The first kappa shape index (κ1) is 21.0. The van der Waals surface area contributed by atoms with Gasteiger partial charge in [0.1, 0.15) is 11.5 Å². The molecule has 0 saturated carbocycles. The molecular weight excluding hydrogens is 396 g/mol. The number of piperidine rings is 1. The normalized spacial score (nSPS) is 15.6. The summed E-state index contributed by atoms with van der Waals surface area (Å²) in [5.74, 6) is 2.40. The minimum absolute atomic E-state index is 0.00583. The fourth-order valence-electron chi connectivity index (χ4n) is 3.78. The largest absolute Gasteiger partial charge is 0.497 e. The summed E-state index contributed by atoms with van der Waals surface area (Å²) in [6, 6.07) is 12.0. The molecule has 1 aromatic carbocycles. The van der Waals surface area contributed by atoms with Crippen LogP contribution in [0.3, 0.4) is 0 Å². The number of hydrogen-bond donors (Lipinski definition) is 1.